The molecule has 0 aromatic heterocycles. The summed E-state index contributed by atoms with van der Waals surface area (Å²) in [5.74, 6) is 0.564. The van der Waals surface area contributed by atoms with E-state index in [9.17, 15) is 4.79 Å². The topological polar surface area (TPSA) is 50.4 Å². The van der Waals surface area contributed by atoms with Gasteiger partial charge in [0.05, 0.1) is 13.0 Å². The van der Waals surface area contributed by atoms with E-state index in [1.54, 1.807) is 0 Å². The maximum atomic E-state index is 11.8. The Labute approximate surface area is 148 Å². The molecule has 0 spiro atoms. The molecule has 0 aliphatic rings. The highest BCUT2D eigenvalue weighted by atomic mass is 127. The summed E-state index contributed by atoms with van der Waals surface area (Å²) in [5.41, 5.74) is 0.839. The summed E-state index contributed by atoms with van der Waals surface area (Å²) in [6.45, 7) is 0.308. The smallest absolute Gasteiger partial charge is 0.229 e. The number of nitrogens with one attached hydrogen (secondary N) is 2. The van der Waals surface area contributed by atoms with Gasteiger partial charge in [-0.2, -0.15) is 0 Å². The van der Waals surface area contributed by atoms with E-state index in [4.69, 9.17) is 17.0 Å². The number of hydrogen-bond donors (Lipinski definition) is 2. The van der Waals surface area contributed by atoms with Crippen molar-refractivity contribution in [2.45, 2.75) is 6.42 Å². The van der Waals surface area contributed by atoms with Crippen molar-refractivity contribution in [3.63, 3.8) is 0 Å². The molecule has 2 rings (SSSR count). The third kappa shape index (κ3) is 5.98. The third-order valence-corrected chi connectivity index (χ3v) is 3.62. The predicted molar refractivity (Wildman–Crippen MR) is 100 cm³/mol. The number of rotatable bonds is 5. The molecule has 22 heavy (non-hydrogen) atoms. The van der Waals surface area contributed by atoms with Gasteiger partial charge in [-0.25, -0.2) is 0 Å². The molecule has 0 aliphatic carbocycles. The van der Waals surface area contributed by atoms with Crippen LogP contribution in [0.2, 0.25) is 0 Å². The molecule has 0 unspecified atom stereocenters. The molecule has 0 saturated carbocycles. The summed E-state index contributed by atoms with van der Waals surface area (Å²) in [6, 6.07) is 17.1. The average molecular weight is 426 g/mol. The van der Waals surface area contributed by atoms with Crippen LogP contribution in [0.4, 0.5) is 5.69 Å². The quantitative estimate of drug-likeness (QED) is 0.567. The van der Waals surface area contributed by atoms with E-state index < -0.39 is 0 Å². The fourth-order valence-corrected chi connectivity index (χ4v) is 2.25. The number of carbonyl (C=O) groups is 1. The second-order valence-electron chi connectivity index (χ2n) is 4.42. The summed E-state index contributed by atoms with van der Waals surface area (Å²) in [5, 5.41) is 5.88. The number of anilines is 1. The monoisotopic (exact) mass is 426 g/mol. The lowest BCUT2D eigenvalue weighted by atomic mass is 10.3. The molecular formula is C16H15IN2O2S. The maximum Gasteiger partial charge on any atom is 0.229 e. The number of hydrogen-bond acceptors (Lipinski definition) is 3. The SMILES string of the molecule is O=C(CCOc1ccccc1)NC(=S)Nc1ccc(I)cc1. The highest BCUT2D eigenvalue weighted by Crippen LogP contribution is 2.11. The molecule has 2 aromatic rings. The first-order valence-electron chi connectivity index (χ1n) is 6.68. The van der Waals surface area contributed by atoms with Crippen molar-refractivity contribution >= 4 is 51.5 Å². The highest BCUT2D eigenvalue weighted by Gasteiger charge is 2.05. The number of para-hydroxylation sites is 1. The van der Waals surface area contributed by atoms with Gasteiger partial charge in [0, 0.05) is 9.26 Å². The zero-order valence-corrected chi connectivity index (χ0v) is 14.7. The molecule has 0 aliphatic heterocycles. The molecule has 2 N–H and O–H groups in total. The first-order valence-corrected chi connectivity index (χ1v) is 8.16. The van der Waals surface area contributed by atoms with Crippen LogP contribution in [0.15, 0.2) is 54.6 Å². The first-order chi connectivity index (χ1) is 10.6. The van der Waals surface area contributed by atoms with Crippen LogP contribution in [0.5, 0.6) is 5.75 Å². The Kier molecular flexibility index (Phi) is 6.60. The van der Waals surface area contributed by atoms with E-state index in [1.807, 2.05) is 54.6 Å². The van der Waals surface area contributed by atoms with Crippen molar-refractivity contribution in [1.82, 2.24) is 5.32 Å². The van der Waals surface area contributed by atoms with Crippen molar-refractivity contribution in [2.75, 3.05) is 11.9 Å². The maximum absolute atomic E-state index is 11.8. The van der Waals surface area contributed by atoms with Crippen LogP contribution in [0.25, 0.3) is 0 Å². The van der Waals surface area contributed by atoms with E-state index in [1.165, 1.54) is 0 Å². The number of halogens is 1. The fraction of sp³-hybridized carbons (Fsp3) is 0.125. The van der Waals surface area contributed by atoms with Crippen LogP contribution < -0.4 is 15.4 Å². The van der Waals surface area contributed by atoms with Crippen molar-refractivity contribution in [3.8, 4) is 5.75 Å². The molecule has 1 amide bonds. The van der Waals surface area contributed by atoms with E-state index in [0.717, 1.165) is 15.0 Å². The number of amides is 1. The average Bonchev–Trinajstić information content (AvgIpc) is 2.50. The van der Waals surface area contributed by atoms with Gasteiger partial charge >= 0.3 is 0 Å². The van der Waals surface area contributed by atoms with Crippen LogP contribution >= 0.6 is 34.8 Å². The van der Waals surface area contributed by atoms with Gasteiger partial charge in [0.1, 0.15) is 5.75 Å². The van der Waals surface area contributed by atoms with Gasteiger partial charge in [0.25, 0.3) is 0 Å². The first kappa shape index (κ1) is 16.7. The zero-order chi connectivity index (χ0) is 15.8. The van der Waals surface area contributed by atoms with E-state index in [2.05, 4.69) is 33.2 Å². The predicted octanol–water partition coefficient (Wildman–Crippen LogP) is 3.57. The van der Waals surface area contributed by atoms with Crippen molar-refractivity contribution in [3.05, 3.63) is 58.2 Å². The van der Waals surface area contributed by atoms with Gasteiger partial charge < -0.3 is 15.4 Å². The molecule has 114 valence electrons. The largest absolute Gasteiger partial charge is 0.493 e. The molecular weight excluding hydrogens is 411 g/mol. The number of thiocarbonyl (C=S) groups is 1. The Morgan fingerprint density at radius 3 is 2.45 bits per heavy atom. The summed E-state index contributed by atoms with van der Waals surface area (Å²) < 4.78 is 6.60. The summed E-state index contributed by atoms with van der Waals surface area (Å²) in [7, 11) is 0. The minimum absolute atomic E-state index is 0.182. The number of carbonyl (C=O) groups excluding carboxylic acids is 1. The lowest BCUT2D eigenvalue weighted by Crippen LogP contribution is -2.34. The molecule has 0 bridgehead atoms. The van der Waals surface area contributed by atoms with Gasteiger partial charge in [-0.15, -0.1) is 0 Å². The number of ether oxygens (including phenoxy) is 1. The minimum atomic E-state index is -0.182. The molecule has 0 fully saturated rings. The third-order valence-electron chi connectivity index (χ3n) is 2.70. The molecule has 2 aromatic carbocycles. The molecule has 0 heterocycles. The lowest BCUT2D eigenvalue weighted by molar-refractivity contribution is -0.120. The second kappa shape index (κ2) is 8.70. The number of benzene rings is 2. The van der Waals surface area contributed by atoms with Gasteiger partial charge in [0.2, 0.25) is 5.91 Å². The van der Waals surface area contributed by atoms with Crippen molar-refractivity contribution in [2.24, 2.45) is 0 Å². The normalized spacial score (nSPS) is 9.86. The zero-order valence-electron chi connectivity index (χ0n) is 11.7. The van der Waals surface area contributed by atoms with Gasteiger partial charge in [-0.3, -0.25) is 4.79 Å². The van der Waals surface area contributed by atoms with Gasteiger partial charge in [-0.05, 0) is 71.2 Å². The molecule has 6 heteroatoms. The fourth-order valence-electron chi connectivity index (χ4n) is 1.66. The van der Waals surface area contributed by atoms with E-state index in [-0.39, 0.29) is 17.4 Å². The highest BCUT2D eigenvalue weighted by molar-refractivity contribution is 14.1. The van der Waals surface area contributed by atoms with Crippen LogP contribution in [-0.2, 0) is 4.79 Å². The Morgan fingerprint density at radius 2 is 1.77 bits per heavy atom. The molecule has 4 nitrogen and oxygen atoms in total. The Hall–Kier alpha value is -1.67. The van der Waals surface area contributed by atoms with Crippen LogP contribution in [0, 0.1) is 3.57 Å². The van der Waals surface area contributed by atoms with Crippen molar-refractivity contribution < 1.29 is 9.53 Å². The Balaban J connectivity index is 1.70. The van der Waals surface area contributed by atoms with Crippen molar-refractivity contribution in [1.29, 1.82) is 0 Å². The van der Waals surface area contributed by atoms with Gasteiger partial charge in [0.15, 0.2) is 5.11 Å². The Morgan fingerprint density at radius 1 is 1.09 bits per heavy atom. The van der Waals surface area contributed by atoms with Gasteiger partial charge in [-0.1, -0.05) is 18.2 Å². The summed E-state index contributed by atoms with van der Waals surface area (Å²) in [4.78, 5) is 11.8. The second-order valence-corrected chi connectivity index (χ2v) is 6.07. The van der Waals surface area contributed by atoms with Crippen LogP contribution in [0.1, 0.15) is 6.42 Å². The van der Waals surface area contributed by atoms with Crippen LogP contribution in [0.3, 0.4) is 0 Å². The standard InChI is InChI=1S/C16H15IN2O2S/c17-12-6-8-13(9-7-12)18-16(22)19-15(20)10-11-21-14-4-2-1-3-5-14/h1-9H,10-11H2,(H2,18,19,20,22). The van der Waals surface area contributed by atoms with Crippen LogP contribution in [-0.4, -0.2) is 17.6 Å². The van der Waals surface area contributed by atoms with E-state index >= 15 is 0 Å². The summed E-state index contributed by atoms with van der Waals surface area (Å²) in [6.07, 6.45) is 0.239. The molecule has 0 radical (unpaired) electrons. The van der Waals surface area contributed by atoms with E-state index in [0.29, 0.717) is 6.61 Å². The molecule has 0 atom stereocenters. The summed E-state index contributed by atoms with van der Waals surface area (Å²) >= 11 is 7.33. The lowest BCUT2D eigenvalue weighted by Gasteiger charge is -2.10. The Bertz CT molecular complexity index is 632. The molecule has 0 saturated heterocycles. The minimum Gasteiger partial charge on any atom is -0.493 e.